The number of hydrogen-bond donors (Lipinski definition) is 2. The molecule has 0 spiro atoms. The molecule has 0 fully saturated rings. The van der Waals surface area contributed by atoms with Gasteiger partial charge in [-0.05, 0) is 28.1 Å². The van der Waals surface area contributed by atoms with E-state index in [1.165, 1.54) is 0 Å². The lowest BCUT2D eigenvalue weighted by atomic mass is 10.1. The van der Waals surface area contributed by atoms with Crippen LogP contribution < -0.4 is 11.1 Å². The van der Waals surface area contributed by atoms with E-state index < -0.39 is 0 Å². The first-order valence-electron chi connectivity index (χ1n) is 4.35. The summed E-state index contributed by atoms with van der Waals surface area (Å²) in [7, 11) is 1.80. The standard InChI is InChI=1S/C10H9BrClN3/c1-14-10-9-6(12)2-3-7(13)8(9)5(11)4-15-10/h2-4H,13H2,1H3,(H,14,15). The molecule has 0 aliphatic heterocycles. The maximum atomic E-state index is 6.13. The molecule has 1 aromatic carbocycles. The minimum atomic E-state index is 0.636. The first-order chi connectivity index (χ1) is 7.15. The minimum absolute atomic E-state index is 0.636. The van der Waals surface area contributed by atoms with Crippen LogP contribution >= 0.6 is 27.5 Å². The van der Waals surface area contributed by atoms with Crippen LogP contribution in [0.5, 0.6) is 0 Å². The summed E-state index contributed by atoms with van der Waals surface area (Å²) in [5.41, 5.74) is 6.59. The predicted octanol–water partition coefficient (Wildman–Crippen LogP) is 3.27. The quantitative estimate of drug-likeness (QED) is 0.791. The molecule has 0 atom stereocenters. The summed E-state index contributed by atoms with van der Waals surface area (Å²) >= 11 is 9.54. The van der Waals surface area contributed by atoms with Gasteiger partial charge in [0.1, 0.15) is 5.82 Å². The Balaban J connectivity index is 2.99. The number of rotatable bonds is 1. The molecular formula is C10H9BrClN3. The molecule has 0 saturated carbocycles. The molecule has 2 aromatic rings. The zero-order valence-electron chi connectivity index (χ0n) is 8.01. The van der Waals surface area contributed by atoms with Crippen molar-refractivity contribution in [1.29, 1.82) is 0 Å². The van der Waals surface area contributed by atoms with Crippen LogP contribution in [0, 0.1) is 0 Å². The van der Waals surface area contributed by atoms with Gasteiger partial charge in [0.25, 0.3) is 0 Å². The lowest BCUT2D eigenvalue weighted by Crippen LogP contribution is -1.96. The first-order valence-corrected chi connectivity index (χ1v) is 5.52. The smallest absolute Gasteiger partial charge is 0.135 e. The van der Waals surface area contributed by atoms with Gasteiger partial charge in [-0.25, -0.2) is 4.98 Å². The summed E-state index contributed by atoms with van der Waals surface area (Å²) in [6, 6.07) is 3.56. The number of nitrogens with two attached hydrogens (primary N) is 1. The third-order valence-corrected chi connectivity index (χ3v) is 3.12. The molecule has 0 aliphatic carbocycles. The van der Waals surface area contributed by atoms with Crippen molar-refractivity contribution in [3.8, 4) is 0 Å². The van der Waals surface area contributed by atoms with Crippen LogP contribution in [-0.4, -0.2) is 12.0 Å². The SMILES string of the molecule is CNc1ncc(Br)c2c(N)ccc(Cl)c12. The zero-order chi connectivity index (χ0) is 11.0. The molecule has 1 heterocycles. The van der Waals surface area contributed by atoms with Crippen LogP contribution in [0.2, 0.25) is 5.02 Å². The average molecular weight is 287 g/mol. The normalized spacial score (nSPS) is 10.6. The molecule has 2 rings (SSSR count). The van der Waals surface area contributed by atoms with Crippen molar-refractivity contribution in [3.63, 3.8) is 0 Å². The largest absolute Gasteiger partial charge is 0.398 e. The fourth-order valence-corrected chi connectivity index (χ4v) is 2.30. The van der Waals surface area contributed by atoms with Crippen molar-refractivity contribution in [2.24, 2.45) is 0 Å². The van der Waals surface area contributed by atoms with Gasteiger partial charge in [0.2, 0.25) is 0 Å². The maximum Gasteiger partial charge on any atom is 0.135 e. The maximum absolute atomic E-state index is 6.13. The third kappa shape index (κ3) is 1.64. The average Bonchev–Trinajstić information content (AvgIpc) is 2.23. The molecule has 5 heteroatoms. The van der Waals surface area contributed by atoms with Gasteiger partial charge in [-0.3, -0.25) is 0 Å². The third-order valence-electron chi connectivity index (χ3n) is 2.21. The molecule has 0 aliphatic rings. The van der Waals surface area contributed by atoms with Crippen LogP contribution in [0.1, 0.15) is 0 Å². The Labute approximate surface area is 101 Å². The second kappa shape index (κ2) is 3.87. The van der Waals surface area contributed by atoms with E-state index in [0.29, 0.717) is 10.7 Å². The molecule has 78 valence electrons. The highest BCUT2D eigenvalue weighted by molar-refractivity contribution is 9.10. The molecule has 15 heavy (non-hydrogen) atoms. The van der Waals surface area contributed by atoms with E-state index in [9.17, 15) is 0 Å². The molecule has 0 bridgehead atoms. The van der Waals surface area contributed by atoms with Crippen molar-refractivity contribution < 1.29 is 0 Å². The number of pyridine rings is 1. The van der Waals surface area contributed by atoms with Gasteiger partial charge in [-0.15, -0.1) is 0 Å². The van der Waals surface area contributed by atoms with Crippen LogP contribution in [0.15, 0.2) is 22.8 Å². The van der Waals surface area contributed by atoms with Gasteiger partial charge in [0.15, 0.2) is 0 Å². The highest BCUT2D eigenvalue weighted by atomic mass is 79.9. The number of anilines is 2. The number of nitrogens with one attached hydrogen (secondary N) is 1. The number of hydrogen-bond acceptors (Lipinski definition) is 3. The Morgan fingerprint density at radius 3 is 2.80 bits per heavy atom. The second-order valence-corrected chi connectivity index (χ2v) is 4.35. The summed E-state index contributed by atoms with van der Waals surface area (Å²) in [6.45, 7) is 0. The highest BCUT2D eigenvalue weighted by Crippen LogP contribution is 2.36. The molecule has 0 amide bonds. The molecule has 3 nitrogen and oxygen atoms in total. The van der Waals surface area contributed by atoms with E-state index in [0.717, 1.165) is 21.1 Å². The van der Waals surface area contributed by atoms with Crippen molar-refractivity contribution in [3.05, 3.63) is 27.8 Å². The highest BCUT2D eigenvalue weighted by Gasteiger charge is 2.11. The monoisotopic (exact) mass is 285 g/mol. The number of aromatic nitrogens is 1. The van der Waals surface area contributed by atoms with Gasteiger partial charge in [-0.2, -0.15) is 0 Å². The van der Waals surface area contributed by atoms with E-state index in [-0.39, 0.29) is 0 Å². The summed E-state index contributed by atoms with van der Waals surface area (Å²) in [4.78, 5) is 4.23. The lowest BCUT2D eigenvalue weighted by Gasteiger charge is -2.10. The molecule has 3 N–H and O–H groups in total. The van der Waals surface area contributed by atoms with E-state index in [1.54, 1.807) is 25.4 Å². The van der Waals surface area contributed by atoms with Gasteiger partial charge >= 0.3 is 0 Å². The topological polar surface area (TPSA) is 50.9 Å². The second-order valence-electron chi connectivity index (χ2n) is 3.09. The van der Waals surface area contributed by atoms with Gasteiger partial charge in [-0.1, -0.05) is 11.6 Å². The van der Waals surface area contributed by atoms with Gasteiger partial charge < -0.3 is 11.1 Å². The molecule has 0 saturated heterocycles. The van der Waals surface area contributed by atoms with E-state index in [4.69, 9.17) is 17.3 Å². The van der Waals surface area contributed by atoms with Gasteiger partial charge in [0.05, 0.1) is 5.02 Å². The Hall–Kier alpha value is -1.00. The summed E-state index contributed by atoms with van der Waals surface area (Å²) in [5.74, 6) is 0.727. The molecule has 0 unspecified atom stereocenters. The van der Waals surface area contributed by atoms with E-state index >= 15 is 0 Å². The Kier molecular flexibility index (Phi) is 2.71. The lowest BCUT2D eigenvalue weighted by molar-refractivity contribution is 1.30. The summed E-state index contributed by atoms with van der Waals surface area (Å²) in [5, 5.41) is 5.36. The van der Waals surface area contributed by atoms with Gasteiger partial charge in [0, 0.05) is 34.2 Å². The van der Waals surface area contributed by atoms with E-state index in [2.05, 4.69) is 26.2 Å². The first kappa shape index (κ1) is 10.5. The molecule has 0 radical (unpaired) electrons. The summed E-state index contributed by atoms with van der Waals surface area (Å²) in [6.07, 6.45) is 1.71. The van der Waals surface area contributed by atoms with E-state index in [1.807, 2.05) is 0 Å². The zero-order valence-corrected chi connectivity index (χ0v) is 10.4. The number of fused-ring (bicyclic) bond motifs is 1. The van der Waals surface area contributed by atoms with Crippen molar-refractivity contribution in [2.75, 3.05) is 18.1 Å². The number of halogens is 2. The van der Waals surface area contributed by atoms with Crippen LogP contribution in [0.25, 0.3) is 10.8 Å². The van der Waals surface area contributed by atoms with Crippen LogP contribution in [-0.2, 0) is 0 Å². The minimum Gasteiger partial charge on any atom is -0.398 e. The van der Waals surface area contributed by atoms with Crippen molar-refractivity contribution >= 4 is 49.8 Å². The number of benzene rings is 1. The Bertz CT molecular complexity index is 519. The van der Waals surface area contributed by atoms with Crippen molar-refractivity contribution in [1.82, 2.24) is 4.98 Å². The fourth-order valence-electron chi connectivity index (χ4n) is 1.52. The summed E-state index contributed by atoms with van der Waals surface area (Å²) < 4.78 is 0.844. The number of nitrogen functional groups attached to an aromatic ring is 1. The predicted molar refractivity (Wildman–Crippen MR) is 68.4 cm³/mol. The van der Waals surface area contributed by atoms with Crippen LogP contribution in [0.3, 0.4) is 0 Å². The fraction of sp³-hybridized carbons (Fsp3) is 0.100. The Morgan fingerprint density at radius 2 is 2.13 bits per heavy atom. The molecule has 1 aromatic heterocycles. The molecular weight excluding hydrogens is 277 g/mol. The number of nitrogens with zero attached hydrogens (tertiary/aromatic N) is 1. The Morgan fingerprint density at radius 1 is 1.40 bits per heavy atom. The van der Waals surface area contributed by atoms with Crippen molar-refractivity contribution in [2.45, 2.75) is 0 Å². The van der Waals surface area contributed by atoms with Crippen LogP contribution in [0.4, 0.5) is 11.5 Å².